The Morgan fingerprint density at radius 3 is 2.67 bits per heavy atom. The Morgan fingerprint density at radius 1 is 1.47 bits per heavy atom. The van der Waals surface area contributed by atoms with Crippen LogP contribution in [0.4, 0.5) is 5.69 Å². The minimum absolute atomic E-state index is 0.223. The van der Waals surface area contributed by atoms with E-state index in [4.69, 9.17) is 18.0 Å². The first-order valence-corrected chi connectivity index (χ1v) is 5.52. The zero-order valence-corrected chi connectivity index (χ0v) is 10.3. The quantitative estimate of drug-likeness (QED) is 0.769. The smallest absolute Gasteiger partial charge is 0.0773 e. The van der Waals surface area contributed by atoms with Crippen molar-refractivity contribution in [3.05, 3.63) is 29.3 Å². The molecule has 0 fully saturated rings. The van der Waals surface area contributed by atoms with Crippen LogP contribution in [0, 0.1) is 19.8 Å². The summed E-state index contributed by atoms with van der Waals surface area (Å²) in [4.78, 5) is 0.562. The van der Waals surface area contributed by atoms with E-state index in [-0.39, 0.29) is 5.92 Å². The largest absolute Gasteiger partial charge is 0.393 e. The molecule has 1 unspecified atom stereocenters. The lowest BCUT2D eigenvalue weighted by atomic mass is 10.1. The van der Waals surface area contributed by atoms with Gasteiger partial charge in [0.2, 0.25) is 0 Å². The predicted molar refractivity (Wildman–Crippen MR) is 70.4 cm³/mol. The molecule has 2 nitrogen and oxygen atoms in total. The number of hydrogen-bond acceptors (Lipinski definition) is 2. The van der Waals surface area contributed by atoms with Crippen molar-refractivity contribution in [2.45, 2.75) is 20.8 Å². The molecule has 15 heavy (non-hydrogen) atoms. The molecule has 1 aromatic carbocycles. The van der Waals surface area contributed by atoms with Crippen molar-refractivity contribution >= 4 is 22.9 Å². The van der Waals surface area contributed by atoms with Crippen LogP contribution in [-0.2, 0) is 0 Å². The lowest BCUT2D eigenvalue weighted by molar-refractivity contribution is 0.820. The van der Waals surface area contributed by atoms with E-state index in [1.54, 1.807) is 0 Å². The van der Waals surface area contributed by atoms with Gasteiger partial charge in [0.1, 0.15) is 0 Å². The molecule has 0 bridgehead atoms. The third-order valence-corrected chi connectivity index (χ3v) is 2.87. The molecule has 0 saturated heterocycles. The molecule has 1 atom stereocenters. The molecule has 3 N–H and O–H groups in total. The summed E-state index contributed by atoms with van der Waals surface area (Å²) in [5.41, 5.74) is 9.24. The van der Waals surface area contributed by atoms with E-state index in [2.05, 4.69) is 37.4 Å². The third kappa shape index (κ3) is 3.51. The van der Waals surface area contributed by atoms with Crippen molar-refractivity contribution < 1.29 is 0 Å². The molecule has 0 saturated carbocycles. The maximum absolute atomic E-state index is 5.55. The van der Waals surface area contributed by atoms with Crippen LogP contribution in [0.3, 0.4) is 0 Å². The first-order chi connectivity index (χ1) is 7.00. The Balaban J connectivity index is 2.62. The number of thiocarbonyl (C=S) groups is 1. The third-order valence-electron chi connectivity index (χ3n) is 2.47. The van der Waals surface area contributed by atoms with Gasteiger partial charge in [-0.2, -0.15) is 0 Å². The van der Waals surface area contributed by atoms with Crippen molar-refractivity contribution in [2.24, 2.45) is 11.7 Å². The molecule has 0 radical (unpaired) electrons. The molecule has 0 aliphatic heterocycles. The lowest BCUT2D eigenvalue weighted by Crippen LogP contribution is -2.25. The summed E-state index contributed by atoms with van der Waals surface area (Å²) >= 11 is 4.93. The van der Waals surface area contributed by atoms with E-state index in [0.717, 1.165) is 12.2 Å². The minimum Gasteiger partial charge on any atom is -0.393 e. The first kappa shape index (κ1) is 12.0. The highest BCUT2D eigenvalue weighted by Gasteiger charge is 2.05. The second-order valence-corrected chi connectivity index (χ2v) is 4.47. The van der Waals surface area contributed by atoms with Gasteiger partial charge in [-0.15, -0.1) is 0 Å². The van der Waals surface area contributed by atoms with Crippen LogP contribution < -0.4 is 11.1 Å². The minimum atomic E-state index is 0.223. The average molecular weight is 222 g/mol. The fourth-order valence-electron chi connectivity index (χ4n) is 1.38. The molecule has 0 heterocycles. The number of benzene rings is 1. The van der Waals surface area contributed by atoms with Gasteiger partial charge in [-0.25, -0.2) is 0 Å². The number of nitrogens with one attached hydrogen (secondary N) is 1. The van der Waals surface area contributed by atoms with Crippen molar-refractivity contribution in [3.8, 4) is 0 Å². The summed E-state index contributed by atoms with van der Waals surface area (Å²) in [6, 6.07) is 6.35. The Kier molecular flexibility index (Phi) is 4.09. The maximum Gasteiger partial charge on any atom is 0.0773 e. The van der Waals surface area contributed by atoms with Gasteiger partial charge in [0.25, 0.3) is 0 Å². The van der Waals surface area contributed by atoms with Crippen LogP contribution in [0.2, 0.25) is 0 Å². The fourth-order valence-corrected chi connectivity index (χ4v) is 1.46. The summed E-state index contributed by atoms with van der Waals surface area (Å²) in [6.45, 7) is 7.01. The molecule has 1 rings (SSSR count). The summed E-state index contributed by atoms with van der Waals surface area (Å²) < 4.78 is 0. The van der Waals surface area contributed by atoms with Gasteiger partial charge in [-0.1, -0.05) is 36.8 Å². The topological polar surface area (TPSA) is 38.0 Å². The Morgan fingerprint density at radius 2 is 2.13 bits per heavy atom. The first-order valence-electron chi connectivity index (χ1n) is 5.11. The van der Waals surface area contributed by atoms with Crippen LogP contribution in [0.5, 0.6) is 0 Å². The average Bonchev–Trinajstić information content (AvgIpc) is 2.15. The highest BCUT2D eigenvalue weighted by Crippen LogP contribution is 2.16. The fraction of sp³-hybridized carbons (Fsp3) is 0.417. The monoisotopic (exact) mass is 222 g/mol. The molecule has 0 aliphatic carbocycles. The van der Waals surface area contributed by atoms with Crippen molar-refractivity contribution in [3.63, 3.8) is 0 Å². The molecular weight excluding hydrogens is 204 g/mol. The lowest BCUT2D eigenvalue weighted by Gasteiger charge is -2.14. The summed E-state index contributed by atoms with van der Waals surface area (Å²) in [7, 11) is 0. The molecule has 1 aromatic rings. The summed E-state index contributed by atoms with van der Waals surface area (Å²) in [5, 5.41) is 3.35. The molecule has 0 amide bonds. The number of rotatable bonds is 4. The van der Waals surface area contributed by atoms with Gasteiger partial charge in [0, 0.05) is 18.2 Å². The Hall–Kier alpha value is -1.09. The van der Waals surface area contributed by atoms with Crippen LogP contribution in [0.1, 0.15) is 18.1 Å². The zero-order chi connectivity index (χ0) is 11.4. The van der Waals surface area contributed by atoms with Gasteiger partial charge in [0.15, 0.2) is 0 Å². The van der Waals surface area contributed by atoms with Crippen molar-refractivity contribution in [1.82, 2.24) is 0 Å². The highest BCUT2D eigenvalue weighted by atomic mass is 32.1. The number of nitrogens with two attached hydrogens (primary N) is 1. The standard InChI is InChI=1S/C12H18N2S/c1-8-4-5-11(9(2)6-8)14-7-10(3)12(13)15/h4-6,10,14H,7H2,1-3H3,(H2,13,15). The van der Waals surface area contributed by atoms with E-state index < -0.39 is 0 Å². The van der Waals surface area contributed by atoms with Gasteiger partial charge in [0.05, 0.1) is 4.99 Å². The van der Waals surface area contributed by atoms with E-state index in [1.165, 1.54) is 11.1 Å². The molecule has 3 heteroatoms. The van der Waals surface area contributed by atoms with Crippen LogP contribution in [0.25, 0.3) is 0 Å². The summed E-state index contributed by atoms with van der Waals surface area (Å²) in [6.07, 6.45) is 0. The zero-order valence-electron chi connectivity index (χ0n) is 9.50. The van der Waals surface area contributed by atoms with Gasteiger partial charge < -0.3 is 11.1 Å². The van der Waals surface area contributed by atoms with E-state index in [0.29, 0.717) is 4.99 Å². The van der Waals surface area contributed by atoms with Gasteiger partial charge in [-0.3, -0.25) is 0 Å². The second-order valence-electron chi connectivity index (χ2n) is 4.00. The Bertz CT molecular complexity index is 361. The number of anilines is 1. The normalized spacial score (nSPS) is 12.2. The van der Waals surface area contributed by atoms with Crippen LogP contribution in [0.15, 0.2) is 18.2 Å². The molecule has 0 aliphatic rings. The molecular formula is C12H18N2S. The second kappa shape index (κ2) is 5.12. The molecule has 0 spiro atoms. The van der Waals surface area contributed by atoms with Crippen molar-refractivity contribution in [1.29, 1.82) is 0 Å². The highest BCUT2D eigenvalue weighted by molar-refractivity contribution is 7.80. The molecule has 0 aromatic heterocycles. The molecule has 82 valence electrons. The van der Waals surface area contributed by atoms with Gasteiger partial charge in [-0.05, 0) is 25.5 Å². The van der Waals surface area contributed by atoms with Crippen LogP contribution >= 0.6 is 12.2 Å². The van der Waals surface area contributed by atoms with E-state index in [9.17, 15) is 0 Å². The number of aryl methyl sites for hydroxylation is 2. The van der Waals surface area contributed by atoms with E-state index in [1.807, 2.05) is 6.92 Å². The SMILES string of the molecule is Cc1ccc(NCC(C)C(N)=S)c(C)c1. The summed E-state index contributed by atoms with van der Waals surface area (Å²) in [5.74, 6) is 0.223. The predicted octanol–water partition coefficient (Wildman–Crippen LogP) is 2.64. The van der Waals surface area contributed by atoms with E-state index >= 15 is 0 Å². The van der Waals surface area contributed by atoms with Crippen LogP contribution in [-0.4, -0.2) is 11.5 Å². The Labute approximate surface area is 96.9 Å². The van der Waals surface area contributed by atoms with Crippen molar-refractivity contribution in [2.75, 3.05) is 11.9 Å². The number of hydrogen-bond donors (Lipinski definition) is 2. The van der Waals surface area contributed by atoms with Gasteiger partial charge >= 0.3 is 0 Å². The maximum atomic E-state index is 5.55.